The quantitative estimate of drug-likeness (QED) is 0.168. The van der Waals surface area contributed by atoms with Crippen molar-refractivity contribution in [1.29, 1.82) is 0 Å². The van der Waals surface area contributed by atoms with E-state index in [4.69, 9.17) is 4.42 Å². The highest BCUT2D eigenvalue weighted by atomic mass is 32.1. The molecule has 0 saturated heterocycles. The van der Waals surface area contributed by atoms with Crippen LogP contribution < -0.4 is 0 Å². The van der Waals surface area contributed by atoms with E-state index in [9.17, 15) is 0 Å². The number of oxazole rings is 1. The fourth-order valence-corrected chi connectivity index (χ4v) is 13.5. The molecule has 12 heteroatoms. The Morgan fingerprint density at radius 2 is 0.780 bits per heavy atom. The van der Waals surface area contributed by atoms with Gasteiger partial charge in [-0.25, -0.2) is 24.9 Å². The van der Waals surface area contributed by atoms with Crippen LogP contribution in [0.2, 0.25) is 0 Å². The molecular formula is C97H82N10OS. The van der Waals surface area contributed by atoms with E-state index in [0.29, 0.717) is 0 Å². The lowest BCUT2D eigenvalue weighted by atomic mass is 10.0. The number of para-hydroxylation sites is 9. The van der Waals surface area contributed by atoms with Crippen LogP contribution in [0.25, 0.3) is 126 Å². The summed E-state index contributed by atoms with van der Waals surface area (Å²) in [4.78, 5) is 39.9. The van der Waals surface area contributed by atoms with Crippen molar-refractivity contribution in [3.8, 4) is 39.3 Å². The number of nitrogens with zero attached hydrogens (tertiary/aromatic N) is 10. The molecule has 0 bridgehead atoms. The van der Waals surface area contributed by atoms with Crippen molar-refractivity contribution in [1.82, 2.24) is 49.4 Å². The maximum Gasteiger partial charge on any atom is 0.192 e. The zero-order chi connectivity index (χ0) is 75.3. The van der Waals surface area contributed by atoms with E-state index >= 15 is 0 Å². The van der Waals surface area contributed by atoms with Crippen LogP contribution in [0.5, 0.6) is 0 Å². The SMILES string of the molecule is Cc1cc(-c2ccccc2)c2ccccc2n1.Cc1cc2ccccc2c(-c2ccccc2)n1.Cc1cc2ccccc2cn1.Cc1ccc2ccccc2n1.Cc1nc(-c2ccccc2)c2ccccc2n1.Cc1nc2ccccc2n1-c1ccccc1.Cc1nc2ccccc2o1.Cc1nc2ccccc2s1. The maximum atomic E-state index is 5.26. The Morgan fingerprint density at radius 3 is 1.45 bits per heavy atom. The summed E-state index contributed by atoms with van der Waals surface area (Å²) in [7, 11) is 0. The molecule has 0 fully saturated rings. The van der Waals surface area contributed by atoms with Crippen LogP contribution >= 0.6 is 11.3 Å². The fourth-order valence-electron chi connectivity index (χ4n) is 12.7. The smallest absolute Gasteiger partial charge is 0.192 e. The van der Waals surface area contributed by atoms with Crippen LogP contribution in [0.4, 0.5) is 0 Å². The number of pyridine rings is 4. The lowest BCUT2D eigenvalue weighted by Crippen LogP contribution is -1.95. The van der Waals surface area contributed by atoms with Gasteiger partial charge in [-0.15, -0.1) is 11.3 Å². The van der Waals surface area contributed by atoms with Crippen LogP contribution in [0, 0.1) is 55.4 Å². The fraction of sp³-hybridized carbons (Fsp3) is 0.0825. The molecule has 0 saturated carbocycles. The molecule has 0 aliphatic carbocycles. The summed E-state index contributed by atoms with van der Waals surface area (Å²) >= 11 is 1.74. The van der Waals surface area contributed by atoms with Gasteiger partial charge in [-0.1, -0.05) is 255 Å². The molecule has 12 aromatic carbocycles. The predicted octanol–water partition coefficient (Wildman–Crippen LogP) is 25.2. The Hall–Kier alpha value is -13.6. The first-order valence-corrected chi connectivity index (χ1v) is 37.1. The first kappa shape index (κ1) is 73.8. The van der Waals surface area contributed by atoms with Gasteiger partial charge in [-0.3, -0.25) is 24.5 Å². The summed E-state index contributed by atoms with van der Waals surface area (Å²) in [6.45, 7) is 15.9. The largest absolute Gasteiger partial charge is 0.441 e. The third kappa shape index (κ3) is 19.3. The molecule has 20 aromatic rings. The Labute approximate surface area is 639 Å². The predicted molar refractivity (Wildman–Crippen MR) is 455 cm³/mol. The summed E-state index contributed by atoms with van der Waals surface area (Å²) in [5, 5.41) is 9.59. The van der Waals surface area contributed by atoms with E-state index in [1.807, 2.05) is 244 Å². The van der Waals surface area contributed by atoms with Crippen molar-refractivity contribution in [2.45, 2.75) is 55.4 Å². The number of hydrogen-bond donors (Lipinski definition) is 0. The van der Waals surface area contributed by atoms with Crippen LogP contribution in [0.3, 0.4) is 0 Å². The standard InChI is InChI=1S/2C16H13N.C15H12N2.C14H12N2.2C10H9N.C8H7NO.C8H7NS/c1-12-11-15(13-7-3-2-4-8-13)14-9-5-6-10-16(14)17-12;1-12-11-14-9-5-6-10-15(14)16(17-12)13-7-3-2-4-8-13;1-11-16-14-10-6-5-9-13(14)15(17-11)12-7-3-2-4-8-12;1-11-15-13-9-5-6-10-14(13)16(11)12-7-3-2-4-8-12;1-8-6-9-4-2-3-5-10(9)7-11-8;1-8-6-7-9-4-2-3-5-10(9)11-8;2*1-6-9-7-4-2-3-5-8(7)10-6/h2*2-11H,1H3;2-10H,1H3;2-10H,1H3;2*2-7H,1H3;2*2-5H,1H3. The number of aromatic nitrogens is 10. The lowest BCUT2D eigenvalue weighted by Gasteiger charge is -2.07. The van der Waals surface area contributed by atoms with E-state index in [0.717, 1.165) is 118 Å². The van der Waals surface area contributed by atoms with E-state index in [2.05, 4.69) is 213 Å². The molecule has 11 nitrogen and oxygen atoms in total. The number of imidazole rings is 1. The average molecular weight is 1440 g/mol. The van der Waals surface area contributed by atoms with E-state index in [1.54, 1.807) is 11.3 Å². The first-order valence-electron chi connectivity index (χ1n) is 36.2. The minimum absolute atomic E-state index is 0.723. The number of fused-ring (bicyclic) bond motifs is 8. The zero-order valence-electron chi connectivity index (χ0n) is 62.3. The minimum Gasteiger partial charge on any atom is -0.441 e. The maximum absolute atomic E-state index is 5.26. The summed E-state index contributed by atoms with van der Waals surface area (Å²) in [5.74, 6) is 2.55. The highest BCUT2D eigenvalue weighted by Gasteiger charge is 2.11. The van der Waals surface area contributed by atoms with Gasteiger partial charge in [0.2, 0.25) is 0 Å². The van der Waals surface area contributed by atoms with Crippen molar-refractivity contribution in [3.63, 3.8) is 0 Å². The van der Waals surface area contributed by atoms with Crippen LogP contribution in [0.1, 0.15) is 45.3 Å². The van der Waals surface area contributed by atoms with Gasteiger partial charge in [0.25, 0.3) is 0 Å². The minimum atomic E-state index is 0.723. The Balaban J connectivity index is 0.000000111. The van der Waals surface area contributed by atoms with Crippen LogP contribution in [0.15, 0.2) is 356 Å². The molecule has 0 N–H and O–H groups in total. The molecule has 0 radical (unpaired) electrons. The summed E-state index contributed by atoms with van der Waals surface area (Å²) < 4.78 is 8.71. The second-order valence-corrected chi connectivity index (χ2v) is 27.2. The van der Waals surface area contributed by atoms with Gasteiger partial charge in [0.05, 0.1) is 54.2 Å². The van der Waals surface area contributed by atoms with Crippen molar-refractivity contribution < 1.29 is 4.42 Å². The van der Waals surface area contributed by atoms with E-state index in [-0.39, 0.29) is 0 Å². The number of hydrogen-bond acceptors (Lipinski definition) is 11. The molecule has 0 amide bonds. The van der Waals surface area contributed by atoms with E-state index < -0.39 is 0 Å². The van der Waals surface area contributed by atoms with Gasteiger partial charge in [0, 0.05) is 79.6 Å². The van der Waals surface area contributed by atoms with Gasteiger partial charge in [-0.2, -0.15) is 0 Å². The van der Waals surface area contributed by atoms with Crippen LogP contribution in [-0.4, -0.2) is 49.4 Å². The molecule has 8 heterocycles. The van der Waals surface area contributed by atoms with Crippen LogP contribution in [-0.2, 0) is 0 Å². The van der Waals surface area contributed by atoms with Crippen molar-refractivity contribution in [2.24, 2.45) is 0 Å². The highest BCUT2D eigenvalue weighted by Crippen LogP contribution is 2.31. The monoisotopic (exact) mass is 1430 g/mol. The summed E-state index contributed by atoms with van der Waals surface area (Å²) in [5.41, 5.74) is 20.6. The molecular weight excluding hydrogens is 1350 g/mol. The molecule has 109 heavy (non-hydrogen) atoms. The van der Waals surface area contributed by atoms with Crippen molar-refractivity contribution in [3.05, 3.63) is 397 Å². The zero-order valence-corrected chi connectivity index (χ0v) is 63.1. The molecule has 532 valence electrons. The van der Waals surface area contributed by atoms with Gasteiger partial charge in [-0.05, 0) is 161 Å². The molecule has 0 unspecified atom stereocenters. The summed E-state index contributed by atoms with van der Waals surface area (Å²) in [6.07, 6.45) is 1.91. The first-order chi connectivity index (χ1) is 53.3. The Kier molecular flexibility index (Phi) is 24.3. The molecule has 8 aromatic heterocycles. The molecule has 0 spiro atoms. The topological polar surface area (TPSA) is 134 Å². The van der Waals surface area contributed by atoms with Gasteiger partial charge >= 0.3 is 0 Å². The number of thiazole rings is 1. The van der Waals surface area contributed by atoms with Crippen molar-refractivity contribution >= 4 is 97.9 Å². The third-order valence-electron chi connectivity index (χ3n) is 17.7. The van der Waals surface area contributed by atoms with E-state index in [1.165, 1.54) is 53.7 Å². The number of benzene rings is 12. The van der Waals surface area contributed by atoms with Gasteiger partial charge in [0.15, 0.2) is 11.5 Å². The molecule has 0 aliphatic heterocycles. The number of aryl methyl sites for hydroxylation is 8. The average Bonchev–Trinajstić information content (AvgIpc) is 1.75. The highest BCUT2D eigenvalue weighted by molar-refractivity contribution is 7.18. The van der Waals surface area contributed by atoms with Gasteiger partial charge in [0.1, 0.15) is 17.2 Å². The normalized spacial score (nSPS) is 10.6. The summed E-state index contributed by atoms with van der Waals surface area (Å²) in [6, 6.07) is 117. The second-order valence-electron chi connectivity index (χ2n) is 25.9. The molecule has 0 atom stereocenters. The Bertz CT molecular complexity index is 5860. The molecule has 0 aliphatic rings. The lowest BCUT2D eigenvalue weighted by molar-refractivity contribution is 0.561. The van der Waals surface area contributed by atoms with Crippen molar-refractivity contribution in [2.75, 3.05) is 0 Å². The van der Waals surface area contributed by atoms with Gasteiger partial charge < -0.3 is 4.42 Å². The second kappa shape index (κ2) is 36.0. The number of rotatable bonds is 4. The Morgan fingerprint density at radius 1 is 0.294 bits per heavy atom. The third-order valence-corrected chi connectivity index (χ3v) is 18.6. The molecule has 20 rings (SSSR count).